The zero-order valence-corrected chi connectivity index (χ0v) is 13.1. The summed E-state index contributed by atoms with van der Waals surface area (Å²) in [6.07, 6.45) is 3.53. The van der Waals surface area contributed by atoms with Crippen LogP contribution in [0.15, 0.2) is 10.8 Å². The summed E-state index contributed by atoms with van der Waals surface area (Å²) < 4.78 is 5.20. The van der Waals surface area contributed by atoms with Gasteiger partial charge in [-0.3, -0.25) is 4.79 Å². The van der Waals surface area contributed by atoms with Crippen LogP contribution in [0.2, 0.25) is 0 Å². The van der Waals surface area contributed by atoms with Crippen LogP contribution in [0.4, 0.5) is 0 Å². The SMILES string of the molecule is Cc1ncoc1C(=O)N1CC[C@@H]2CNC[C@@H]2CC1.Cl.Cl. The van der Waals surface area contributed by atoms with Gasteiger partial charge in [0.2, 0.25) is 5.76 Å². The monoisotopic (exact) mass is 321 g/mol. The maximum atomic E-state index is 12.3. The van der Waals surface area contributed by atoms with Gasteiger partial charge in [-0.05, 0) is 44.7 Å². The third-order valence-corrected chi connectivity index (χ3v) is 4.25. The molecule has 7 heteroatoms. The number of oxazole rings is 1. The number of hydrogen-bond acceptors (Lipinski definition) is 4. The van der Waals surface area contributed by atoms with Gasteiger partial charge in [-0.25, -0.2) is 4.98 Å². The molecular formula is C13H21Cl2N3O2. The normalized spacial score (nSPS) is 25.1. The average molecular weight is 322 g/mol. The van der Waals surface area contributed by atoms with Crippen molar-refractivity contribution in [3.8, 4) is 0 Å². The van der Waals surface area contributed by atoms with Gasteiger partial charge in [-0.15, -0.1) is 24.8 Å². The van der Waals surface area contributed by atoms with Crippen LogP contribution in [0.5, 0.6) is 0 Å². The van der Waals surface area contributed by atoms with Crippen LogP contribution in [0.25, 0.3) is 0 Å². The highest BCUT2D eigenvalue weighted by Gasteiger charge is 2.32. The van der Waals surface area contributed by atoms with Crippen molar-refractivity contribution in [2.75, 3.05) is 26.2 Å². The Balaban J connectivity index is 0.000001000. The minimum atomic E-state index is -0.00191. The first-order chi connectivity index (χ1) is 8.75. The first-order valence-electron chi connectivity index (χ1n) is 6.66. The molecule has 1 N–H and O–H groups in total. The third-order valence-electron chi connectivity index (χ3n) is 4.25. The summed E-state index contributed by atoms with van der Waals surface area (Å²) in [5.74, 6) is 1.87. The smallest absolute Gasteiger partial charge is 0.291 e. The summed E-state index contributed by atoms with van der Waals surface area (Å²) in [5.41, 5.74) is 0.686. The maximum Gasteiger partial charge on any atom is 0.291 e. The molecule has 2 atom stereocenters. The van der Waals surface area contributed by atoms with Crippen LogP contribution in [-0.4, -0.2) is 42.0 Å². The van der Waals surface area contributed by atoms with E-state index < -0.39 is 0 Å². The van der Waals surface area contributed by atoms with E-state index >= 15 is 0 Å². The highest BCUT2D eigenvalue weighted by atomic mass is 35.5. The Hall–Kier alpha value is -0.780. The fourth-order valence-corrected chi connectivity index (χ4v) is 3.07. The average Bonchev–Trinajstić information content (AvgIpc) is 2.94. The van der Waals surface area contributed by atoms with E-state index in [1.54, 1.807) is 0 Å². The molecule has 5 nitrogen and oxygen atoms in total. The molecular weight excluding hydrogens is 301 g/mol. The van der Waals surface area contributed by atoms with E-state index in [2.05, 4.69) is 10.3 Å². The molecule has 0 aromatic carbocycles. The quantitative estimate of drug-likeness (QED) is 0.858. The summed E-state index contributed by atoms with van der Waals surface area (Å²) in [6, 6.07) is 0. The van der Waals surface area contributed by atoms with Crippen molar-refractivity contribution in [2.24, 2.45) is 11.8 Å². The maximum absolute atomic E-state index is 12.3. The standard InChI is InChI=1S/C13H19N3O2.2ClH/c1-9-12(18-8-15-9)13(17)16-4-2-10-6-14-7-11(10)3-5-16;;/h8,10-11,14H,2-7H2,1H3;2*1H/t10-,11+;;. The van der Waals surface area contributed by atoms with Gasteiger partial charge in [-0.1, -0.05) is 0 Å². The Kier molecular flexibility index (Phi) is 6.30. The van der Waals surface area contributed by atoms with Gasteiger partial charge in [0.15, 0.2) is 6.39 Å². The van der Waals surface area contributed by atoms with Crippen LogP contribution >= 0.6 is 24.8 Å². The number of nitrogens with one attached hydrogen (secondary N) is 1. The van der Waals surface area contributed by atoms with Gasteiger partial charge in [0, 0.05) is 13.1 Å². The number of nitrogens with zero attached hydrogens (tertiary/aromatic N) is 2. The molecule has 2 fully saturated rings. The lowest BCUT2D eigenvalue weighted by atomic mass is 9.92. The molecule has 2 aliphatic heterocycles. The van der Waals surface area contributed by atoms with E-state index in [0.29, 0.717) is 11.5 Å². The van der Waals surface area contributed by atoms with E-state index in [-0.39, 0.29) is 30.7 Å². The van der Waals surface area contributed by atoms with Gasteiger partial charge in [-0.2, -0.15) is 0 Å². The molecule has 2 saturated heterocycles. The van der Waals surface area contributed by atoms with Crippen molar-refractivity contribution in [1.29, 1.82) is 0 Å². The predicted molar refractivity (Wildman–Crippen MR) is 80.7 cm³/mol. The Bertz CT molecular complexity index is 439. The van der Waals surface area contributed by atoms with Gasteiger partial charge >= 0.3 is 0 Å². The molecule has 0 aliphatic carbocycles. The van der Waals surface area contributed by atoms with Crippen molar-refractivity contribution in [3.05, 3.63) is 17.8 Å². The molecule has 3 heterocycles. The number of likely N-dealkylation sites (tertiary alicyclic amines) is 1. The second-order valence-corrected chi connectivity index (χ2v) is 5.31. The summed E-state index contributed by atoms with van der Waals surface area (Å²) in [5, 5.41) is 3.44. The number of carbonyl (C=O) groups excluding carboxylic acids is 1. The van der Waals surface area contributed by atoms with Crippen molar-refractivity contribution in [2.45, 2.75) is 19.8 Å². The second-order valence-electron chi connectivity index (χ2n) is 5.31. The number of halogens is 2. The lowest BCUT2D eigenvalue weighted by Crippen LogP contribution is -2.32. The van der Waals surface area contributed by atoms with Gasteiger partial charge < -0.3 is 14.6 Å². The van der Waals surface area contributed by atoms with Gasteiger partial charge in [0.05, 0.1) is 5.69 Å². The third kappa shape index (κ3) is 3.27. The minimum absolute atomic E-state index is 0. The summed E-state index contributed by atoms with van der Waals surface area (Å²) in [6.45, 7) is 5.69. The molecule has 0 spiro atoms. The van der Waals surface area contributed by atoms with Gasteiger partial charge in [0.25, 0.3) is 5.91 Å². The molecule has 20 heavy (non-hydrogen) atoms. The van der Waals surface area contributed by atoms with E-state index in [9.17, 15) is 4.79 Å². The van der Waals surface area contributed by atoms with Crippen LogP contribution in [0, 0.1) is 18.8 Å². The number of rotatable bonds is 1. The van der Waals surface area contributed by atoms with Crippen molar-refractivity contribution < 1.29 is 9.21 Å². The Morgan fingerprint density at radius 1 is 1.30 bits per heavy atom. The molecule has 0 radical (unpaired) electrons. The molecule has 3 rings (SSSR count). The first kappa shape index (κ1) is 17.3. The largest absolute Gasteiger partial charge is 0.438 e. The van der Waals surface area contributed by atoms with Crippen LogP contribution in [0.1, 0.15) is 29.1 Å². The lowest BCUT2D eigenvalue weighted by molar-refractivity contribution is 0.0725. The molecule has 2 aliphatic rings. The van der Waals surface area contributed by atoms with Crippen molar-refractivity contribution >= 4 is 30.7 Å². The summed E-state index contributed by atoms with van der Waals surface area (Å²) >= 11 is 0. The number of hydrogen-bond donors (Lipinski definition) is 1. The van der Waals surface area contributed by atoms with Crippen LogP contribution < -0.4 is 5.32 Å². The molecule has 0 unspecified atom stereocenters. The number of aromatic nitrogens is 1. The number of aryl methyl sites for hydroxylation is 1. The molecule has 114 valence electrons. The molecule has 1 aromatic rings. The number of fused-ring (bicyclic) bond motifs is 1. The van der Waals surface area contributed by atoms with Crippen molar-refractivity contribution in [1.82, 2.24) is 15.2 Å². The first-order valence-corrected chi connectivity index (χ1v) is 6.66. The topological polar surface area (TPSA) is 58.4 Å². The summed E-state index contributed by atoms with van der Waals surface area (Å²) in [4.78, 5) is 18.2. The molecule has 1 aromatic heterocycles. The second kappa shape index (κ2) is 7.29. The van der Waals surface area contributed by atoms with Crippen molar-refractivity contribution in [3.63, 3.8) is 0 Å². The Labute approximate surface area is 131 Å². The van der Waals surface area contributed by atoms with Crippen LogP contribution in [0.3, 0.4) is 0 Å². The number of carbonyl (C=O) groups is 1. The van der Waals surface area contributed by atoms with E-state index in [1.165, 1.54) is 6.39 Å². The highest BCUT2D eigenvalue weighted by molar-refractivity contribution is 5.92. The zero-order chi connectivity index (χ0) is 12.5. The molecule has 0 saturated carbocycles. The predicted octanol–water partition coefficient (Wildman–Crippen LogP) is 1.90. The van der Waals surface area contributed by atoms with E-state index in [0.717, 1.165) is 50.9 Å². The highest BCUT2D eigenvalue weighted by Crippen LogP contribution is 2.27. The Morgan fingerprint density at radius 3 is 2.40 bits per heavy atom. The lowest BCUT2D eigenvalue weighted by Gasteiger charge is -2.19. The number of amides is 1. The zero-order valence-electron chi connectivity index (χ0n) is 11.5. The van der Waals surface area contributed by atoms with Crippen LogP contribution in [-0.2, 0) is 0 Å². The molecule has 1 amide bonds. The Morgan fingerprint density at radius 2 is 1.90 bits per heavy atom. The van der Waals surface area contributed by atoms with E-state index in [4.69, 9.17) is 4.42 Å². The fourth-order valence-electron chi connectivity index (χ4n) is 3.07. The fraction of sp³-hybridized carbons (Fsp3) is 0.692. The summed E-state index contributed by atoms with van der Waals surface area (Å²) in [7, 11) is 0. The van der Waals surface area contributed by atoms with Gasteiger partial charge in [0.1, 0.15) is 0 Å². The van der Waals surface area contributed by atoms with E-state index in [1.807, 2.05) is 11.8 Å². The molecule has 0 bridgehead atoms. The minimum Gasteiger partial charge on any atom is -0.438 e.